The van der Waals surface area contributed by atoms with Crippen LogP contribution in [0.15, 0.2) is 0 Å². The summed E-state index contributed by atoms with van der Waals surface area (Å²) in [4.78, 5) is 0. The third-order valence-corrected chi connectivity index (χ3v) is 4.25. The van der Waals surface area contributed by atoms with Crippen LogP contribution in [-0.4, -0.2) is 51.2 Å². The number of nitrogens with one attached hydrogen (secondary N) is 1. The van der Waals surface area contributed by atoms with E-state index in [0.29, 0.717) is 12.0 Å². The van der Waals surface area contributed by atoms with E-state index in [9.17, 15) is 0 Å². The van der Waals surface area contributed by atoms with E-state index >= 15 is 0 Å². The van der Waals surface area contributed by atoms with Gasteiger partial charge in [-0.3, -0.25) is 0 Å². The molecule has 1 atom stereocenters. The van der Waals surface area contributed by atoms with E-state index in [4.69, 9.17) is 14.2 Å². The van der Waals surface area contributed by atoms with Crippen LogP contribution in [0.5, 0.6) is 0 Å². The highest BCUT2D eigenvalue weighted by molar-refractivity contribution is 4.91. The summed E-state index contributed by atoms with van der Waals surface area (Å²) < 4.78 is 17.1. The molecule has 2 fully saturated rings. The third kappa shape index (κ3) is 5.32. The van der Waals surface area contributed by atoms with E-state index in [1.54, 1.807) is 0 Å². The zero-order valence-electron chi connectivity index (χ0n) is 13.2. The number of rotatable bonds is 7. The molecule has 0 aromatic carbocycles. The summed E-state index contributed by atoms with van der Waals surface area (Å²) in [6, 6.07) is 0.604. The quantitative estimate of drug-likeness (QED) is 0.729. The minimum Gasteiger partial charge on any atom is -0.381 e. The lowest BCUT2D eigenvalue weighted by Gasteiger charge is -2.43. The SMILES string of the molecule is CC(C)COCCCNC1CCOC2(CCOCC2)C1. The third-order valence-electron chi connectivity index (χ3n) is 4.25. The molecule has 0 aliphatic carbocycles. The van der Waals surface area contributed by atoms with Gasteiger partial charge in [0.25, 0.3) is 0 Å². The van der Waals surface area contributed by atoms with E-state index < -0.39 is 0 Å². The second kappa shape index (κ2) is 8.32. The maximum atomic E-state index is 6.06. The fraction of sp³-hybridized carbons (Fsp3) is 1.00. The molecule has 1 unspecified atom stereocenters. The summed E-state index contributed by atoms with van der Waals surface area (Å²) in [5.41, 5.74) is 0.0995. The zero-order chi connectivity index (χ0) is 14.3. The first-order chi connectivity index (χ1) is 9.70. The normalized spacial score (nSPS) is 26.2. The second-order valence-electron chi connectivity index (χ2n) is 6.61. The zero-order valence-corrected chi connectivity index (χ0v) is 13.2. The van der Waals surface area contributed by atoms with Crippen molar-refractivity contribution < 1.29 is 14.2 Å². The van der Waals surface area contributed by atoms with E-state index in [2.05, 4.69) is 19.2 Å². The Kier molecular flexibility index (Phi) is 6.75. The molecule has 0 aromatic heterocycles. The van der Waals surface area contributed by atoms with Gasteiger partial charge in [0.15, 0.2) is 0 Å². The monoisotopic (exact) mass is 285 g/mol. The molecule has 2 saturated heterocycles. The first kappa shape index (κ1) is 16.2. The van der Waals surface area contributed by atoms with E-state index in [0.717, 1.165) is 71.7 Å². The number of hydrogen-bond acceptors (Lipinski definition) is 4. The van der Waals surface area contributed by atoms with Crippen LogP contribution in [-0.2, 0) is 14.2 Å². The van der Waals surface area contributed by atoms with Crippen LogP contribution in [0.4, 0.5) is 0 Å². The Morgan fingerprint density at radius 3 is 2.80 bits per heavy atom. The van der Waals surface area contributed by atoms with Crippen LogP contribution in [0.25, 0.3) is 0 Å². The molecule has 4 heteroatoms. The topological polar surface area (TPSA) is 39.7 Å². The van der Waals surface area contributed by atoms with Crippen molar-refractivity contribution in [2.75, 3.05) is 39.6 Å². The smallest absolute Gasteiger partial charge is 0.0741 e. The molecule has 2 rings (SSSR count). The van der Waals surface area contributed by atoms with Gasteiger partial charge in [0, 0.05) is 39.1 Å². The van der Waals surface area contributed by atoms with Crippen LogP contribution in [0.1, 0.15) is 46.0 Å². The lowest BCUT2D eigenvalue weighted by atomic mass is 9.84. The fourth-order valence-electron chi connectivity index (χ4n) is 3.09. The lowest BCUT2D eigenvalue weighted by molar-refractivity contribution is -0.140. The van der Waals surface area contributed by atoms with Gasteiger partial charge in [-0.25, -0.2) is 0 Å². The molecule has 2 aliphatic heterocycles. The summed E-state index contributed by atoms with van der Waals surface area (Å²) in [6.45, 7) is 9.78. The van der Waals surface area contributed by atoms with Gasteiger partial charge in [0.1, 0.15) is 0 Å². The number of ether oxygens (including phenoxy) is 3. The molecule has 0 amide bonds. The Hall–Kier alpha value is -0.160. The maximum Gasteiger partial charge on any atom is 0.0741 e. The molecular weight excluding hydrogens is 254 g/mol. The molecule has 0 bridgehead atoms. The Morgan fingerprint density at radius 1 is 1.25 bits per heavy atom. The van der Waals surface area contributed by atoms with Crippen molar-refractivity contribution in [2.24, 2.45) is 5.92 Å². The van der Waals surface area contributed by atoms with Crippen LogP contribution < -0.4 is 5.32 Å². The van der Waals surface area contributed by atoms with Crippen LogP contribution in [0.3, 0.4) is 0 Å². The van der Waals surface area contributed by atoms with E-state index in [1.807, 2.05) is 0 Å². The highest BCUT2D eigenvalue weighted by Gasteiger charge is 2.38. The lowest BCUT2D eigenvalue weighted by Crippen LogP contribution is -2.50. The Balaban J connectivity index is 1.58. The largest absolute Gasteiger partial charge is 0.381 e. The summed E-state index contributed by atoms with van der Waals surface area (Å²) >= 11 is 0. The van der Waals surface area contributed by atoms with E-state index in [-0.39, 0.29) is 5.60 Å². The van der Waals surface area contributed by atoms with Gasteiger partial charge < -0.3 is 19.5 Å². The number of hydrogen-bond donors (Lipinski definition) is 1. The van der Waals surface area contributed by atoms with Crippen molar-refractivity contribution in [3.05, 3.63) is 0 Å². The summed E-state index contributed by atoms with van der Waals surface area (Å²) in [5, 5.41) is 3.68. The minimum absolute atomic E-state index is 0.0995. The molecule has 118 valence electrons. The van der Waals surface area contributed by atoms with Crippen molar-refractivity contribution in [1.29, 1.82) is 0 Å². The van der Waals surface area contributed by atoms with Crippen LogP contribution in [0.2, 0.25) is 0 Å². The molecule has 1 spiro atoms. The maximum absolute atomic E-state index is 6.06. The predicted octanol–water partition coefficient (Wildman–Crippen LogP) is 2.37. The van der Waals surface area contributed by atoms with Gasteiger partial charge >= 0.3 is 0 Å². The predicted molar refractivity (Wildman–Crippen MR) is 80.0 cm³/mol. The summed E-state index contributed by atoms with van der Waals surface area (Å²) in [6.07, 6.45) is 5.49. The van der Waals surface area contributed by atoms with Crippen LogP contribution >= 0.6 is 0 Å². The van der Waals surface area contributed by atoms with Gasteiger partial charge in [0.05, 0.1) is 5.60 Å². The standard InChI is InChI=1S/C16H31NO3/c1-14(2)13-19-8-3-7-17-15-4-9-20-16(12-15)5-10-18-11-6-16/h14-15,17H,3-13H2,1-2H3. The average Bonchev–Trinajstić information content (AvgIpc) is 2.43. The molecular formula is C16H31NO3. The molecule has 2 aliphatic rings. The first-order valence-electron chi connectivity index (χ1n) is 8.23. The highest BCUT2D eigenvalue weighted by Crippen LogP contribution is 2.34. The molecule has 20 heavy (non-hydrogen) atoms. The summed E-state index contributed by atoms with van der Waals surface area (Å²) in [7, 11) is 0. The molecule has 0 radical (unpaired) electrons. The van der Waals surface area contributed by atoms with Gasteiger partial charge in [-0.15, -0.1) is 0 Å². The Labute approximate surface area is 123 Å². The summed E-state index contributed by atoms with van der Waals surface area (Å²) in [5.74, 6) is 0.631. The minimum atomic E-state index is 0.0995. The van der Waals surface area contributed by atoms with Crippen LogP contribution in [0, 0.1) is 5.92 Å². The van der Waals surface area contributed by atoms with Crippen molar-refractivity contribution in [3.63, 3.8) is 0 Å². The average molecular weight is 285 g/mol. The fourth-order valence-corrected chi connectivity index (χ4v) is 3.09. The first-order valence-corrected chi connectivity index (χ1v) is 8.23. The van der Waals surface area contributed by atoms with Crippen molar-refractivity contribution >= 4 is 0 Å². The van der Waals surface area contributed by atoms with Crippen molar-refractivity contribution in [2.45, 2.75) is 57.6 Å². The van der Waals surface area contributed by atoms with Gasteiger partial charge in [-0.05, 0) is 44.6 Å². The van der Waals surface area contributed by atoms with Gasteiger partial charge in [0.2, 0.25) is 0 Å². The van der Waals surface area contributed by atoms with Crippen molar-refractivity contribution in [1.82, 2.24) is 5.32 Å². The molecule has 0 aromatic rings. The molecule has 2 heterocycles. The van der Waals surface area contributed by atoms with Crippen molar-refractivity contribution in [3.8, 4) is 0 Å². The van der Waals surface area contributed by atoms with Gasteiger partial charge in [-0.2, -0.15) is 0 Å². The Bertz CT molecular complexity index is 259. The molecule has 0 saturated carbocycles. The molecule has 1 N–H and O–H groups in total. The molecule has 4 nitrogen and oxygen atoms in total. The van der Waals surface area contributed by atoms with Gasteiger partial charge in [-0.1, -0.05) is 13.8 Å². The Morgan fingerprint density at radius 2 is 2.05 bits per heavy atom. The van der Waals surface area contributed by atoms with E-state index in [1.165, 1.54) is 0 Å². The second-order valence-corrected chi connectivity index (χ2v) is 6.61. The highest BCUT2D eigenvalue weighted by atomic mass is 16.5.